The summed E-state index contributed by atoms with van der Waals surface area (Å²) in [4.78, 5) is 26.6. The van der Waals surface area contributed by atoms with Crippen LogP contribution in [0.5, 0.6) is 0 Å². The minimum Gasteiger partial charge on any atom is -0.480 e. The first-order valence-electron chi connectivity index (χ1n) is 7.08. The van der Waals surface area contributed by atoms with Crippen LogP contribution in [0.3, 0.4) is 0 Å². The summed E-state index contributed by atoms with van der Waals surface area (Å²) in [6.07, 6.45) is 2.96. The van der Waals surface area contributed by atoms with E-state index >= 15 is 0 Å². The molecule has 6 nitrogen and oxygen atoms in total. The van der Waals surface area contributed by atoms with Gasteiger partial charge in [0, 0.05) is 19.1 Å². The number of hydrogen-bond acceptors (Lipinski definition) is 3. The Balaban J connectivity index is 1.74. The van der Waals surface area contributed by atoms with E-state index in [-0.39, 0.29) is 18.6 Å². The Morgan fingerprint density at radius 3 is 2.63 bits per heavy atom. The molecule has 19 heavy (non-hydrogen) atoms. The lowest BCUT2D eigenvalue weighted by Gasteiger charge is -2.22. The summed E-state index contributed by atoms with van der Waals surface area (Å²) in [5.74, 6) is -0.449. The third-order valence-electron chi connectivity index (χ3n) is 3.91. The highest BCUT2D eigenvalue weighted by Gasteiger charge is 2.34. The van der Waals surface area contributed by atoms with E-state index in [4.69, 9.17) is 5.11 Å². The number of carboxylic acids is 1. The Bertz CT molecular complexity index is 344. The van der Waals surface area contributed by atoms with E-state index in [0.717, 1.165) is 38.9 Å². The van der Waals surface area contributed by atoms with Crippen molar-refractivity contribution in [1.82, 2.24) is 15.1 Å². The number of rotatable bonds is 6. The first kappa shape index (κ1) is 14.1. The fourth-order valence-corrected chi connectivity index (χ4v) is 2.60. The van der Waals surface area contributed by atoms with Crippen molar-refractivity contribution in [1.29, 1.82) is 0 Å². The molecule has 1 saturated carbocycles. The molecule has 6 heteroatoms. The smallest absolute Gasteiger partial charge is 0.323 e. The maximum Gasteiger partial charge on any atom is 0.323 e. The maximum absolute atomic E-state index is 12.0. The van der Waals surface area contributed by atoms with Crippen LogP contribution in [0.1, 0.15) is 26.2 Å². The number of aliphatic carboxylic acids is 1. The molecule has 2 aliphatic rings. The van der Waals surface area contributed by atoms with Gasteiger partial charge in [0.05, 0.1) is 0 Å². The molecule has 2 fully saturated rings. The van der Waals surface area contributed by atoms with Gasteiger partial charge in [-0.3, -0.25) is 4.79 Å². The molecule has 0 spiro atoms. The number of nitrogens with one attached hydrogen (secondary N) is 1. The first-order chi connectivity index (χ1) is 9.10. The van der Waals surface area contributed by atoms with E-state index in [0.29, 0.717) is 12.5 Å². The Morgan fingerprint density at radius 1 is 1.37 bits per heavy atom. The second kappa shape index (κ2) is 6.23. The minimum atomic E-state index is -0.944. The molecule has 1 heterocycles. The second-order valence-electron chi connectivity index (χ2n) is 5.49. The molecule has 0 aromatic carbocycles. The normalized spacial score (nSPS) is 23.3. The highest BCUT2D eigenvalue weighted by molar-refractivity contribution is 5.80. The van der Waals surface area contributed by atoms with E-state index < -0.39 is 5.97 Å². The number of carbonyl (C=O) groups excluding carboxylic acids is 1. The van der Waals surface area contributed by atoms with Crippen LogP contribution in [-0.4, -0.2) is 65.7 Å². The summed E-state index contributed by atoms with van der Waals surface area (Å²) >= 11 is 0. The second-order valence-corrected chi connectivity index (χ2v) is 5.49. The fraction of sp³-hybridized carbons (Fsp3) is 0.846. The lowest BCUT2D eigenvalue weighted by Crippen LogP contribution is -2.45. The van der Waals surface area contributed by atoms with Gasteiger partial charge in [-0.1, -0.05) is 6.92 Å². The van der Waals surface area contributed by atoms with Gasteiger partial charge in [-0.25, -0.2) is 4.79 Å². The molecule has 1 aliphatic heterocycles. The third kappa shape index (κ3) is 4.09. The molecule has 0 bridgehead atoms. The molecular weight excluding hydrogens is 246 g/mol. The summed E-state index contributed by atoms with van der Waals surface area (Å²) in [7, 11) is 0. The molecule has 2 rings (SSSR count). The number of hydrogen-bond donors (Lipinski definition) is 2. The largest absolute Gasteiger partial charge is 0.480 e. The van der Waals surface area contributed by atoms with Gasteiger partial charge < -0.3 is 20.2 Å². The standard InChI is InChI=1S/C13H23N3O3/c1-2-15-6-5-10(8-15)7-14-13(19)16(9-12(17)18)11-3-4-11/h10-11H,2-9H2,1H3,(H,14,19)(H,17,18). The summed E-state index contributed by atoms with van der Waals surface area (Å²) in [5, 5.41) is 11.7. The molecule has 0 aromatic heterocycles. The van der Waals surface area contributed by atoms with Crippen molar-refractivity contribution in [2.45, 2.75) is 32.2 Å². The van der Waals surface area contributed by atoms with Gasteiger partial charge in [-0.05, 0) is 38.3 Å². The van der Waals surface area contributed by atoms with Crippen LogP contribution in [0.4, 0.5) is 4.79 Å². The molecule has 2 amide bonds. The Morgan fingerprint density at radius 2 is 2.11 bits per heavy atom. The van der Waals surface area contributed by atoms with Crippen LogP contribution >= 0.6 is 0 Å². The highest BCUT2D eigenvalue weighted by atomic mass is 16.4. The highest BCUT2D eigenvalue weighted by Crippen LogP contribution is 2.26. The zero-order valence-electron chi connectivity index (χ0n) is 11.5. The molecule has 1 atom stereocenters. The maximum atomic E-state index is 12.0. The first-order valence-corrected chi connectivity index (χ1v) is 7.08. The number of carboxylic acid groups (broad SMARTS) is 1. The summed E-state index contributed by atoms with van der Waals surface area (Å²) < 4.78 is 0. The lowest BCUT2D eigenvalue weighted by molar-refractivity contribution is -0.137. The van der Waals surface area contributed by atoms with E-state index in [1.807, 2.05) is 0 Å². The Hall–Kier alpha value is -1.30. The molecule has 108 valence electrons. The Labute approximate surface area is 113 Å². The Kier molecular flexibility index (Phi) is 4.63. The predicted molar refractivity (Wildman–Crippen MR) is 71.0 cm³/mol. The molecule has 1 unspecified atom stereocenters. The van der Waals surface area contributed by atoms with Crippen molar-refractivity contribution in [3.05, 3.63) is 0 Å². The lowest BCUT2D eigenvalue weighted by atomic mass is 10.1. The molecule has 1 saturated heterocycles. The van der Waals surface area contributed by atoms with Crippen molar-refractivity contribution in [3.8, 4) is 0 Å². The fourth-order valence-electron chi connectivity index (χ4n) is 2.60. The number of amides is 2. The number of nitrogens with zero attached hydrogens (tertiary/aromatic N) is 2. The van der Waals surface area contributed by atoms with Gasteiger partial charge in [-0.15, -0.1) is 0 Å². The van der Waals surface area contributed by atoms with E-state index in [1.54, 1.807) is 0 Å². The van der Waals surface area contributed by atoms with Crippen LogP contribution in [0.15, 0.2) is 0 Å². The van der Waals surface area contributed by atoms with Crippen LogP contribution in [-0.2, 0) is 4.79 Å². The van der Waals surface area contributed by atoms with Gasteiger partial charge in [-0.2, -0.15) is 0 Å². The van der Waals surface area contributed by atoms with Gasteiger partial charge in [0.2, 0.25) is 0 Å². The van der Waals surface area contributed by atoms with Crippen molar-refractivity contribution < 1.29 is 14.7 Å². The minimum absolute atomic E-state index is 0.131. The number of urea groups is 1. The summed E-state index contributed by atoms with van der Waals surface area (Å²) in [5.41, 5.74) is 0. The van der Waals surface area contributed by atoms with Gasteiger partial charge in [0.15, 0.2) is 0 Å². The van der Waals surface area contributed by atoms with Crippen molar-refractivity contribution >= 4 is 12.0 Å². The zero-order valence-corrected chi connectivity index (χ0v) is 11.5. The average molecular weight is 269 g/mol. The van der Waals surface area contributed by atoms with Crippen molar-refractivity contribution in [3.63, 3.8) is 0 Å². The van der Waals surface area contributed by atoms with Crippen molar-refractivity contribution in [2.75, 3.05) is 32.7 Å². The average Bonchev–Trinajstić information content (AvgIpc) is 3.11. The monoisotopic (exact) mass is 269 g/mol. The predicted octanol–water partition coefficient (Wildman–Crippen LogP) is 0.587. The number of likely N-dealkylation sites (tertiary alicyclic amines) is 1. The van der Waals surface area contributed by atoms with Crippen LogP contribution in [0.25, 0.3) is 0 Å². The molecule has 1 aliphatic carbocycles. The summed E-state index contributed by atoms with van der Waals surface area (Å²) in [6.45, 7) is 5.78. The molecule has 0 radical (unpaired) electrons. The van der Waals surface area contributed by atoms with Gasteiger partial charge in [0.1, 0.15) is 6.54 Å². The van der Waals surface area contributed by atoms with Crippen LogP contribution in [0.2, 0.25) is 0 Å². The van der Waals surface area contributed by atoms with Crippen molar-refractivity contribution in [2.24, 2.45) is 5.92 Å². The van der Waals surface area contributed by atoms with E-state index in [1.165, 1.54) is 4.90 Å². The third-order valence-corrected chi connectivity index (χ3v) is 3.91. The zero-order chi connectivity index (χ0) is 13.8. The topological polar surface area (TPSA) is 72.9 Å². The van der Waals surface area contributed by atoms with E-state index in [9.17, 15) is 9.59 Å². The molecule has 0 aromatic rings. The van der Waals surface area contributed by atoms with Crippen LogP contribution < -0.4 is 5.32 Å². The quantitative estimate of drug-likeness (QED) is 0.740. The van der Waals surface area contributed by atoms with Crippen LogP contribution in [0, 0.1) is 5.92 Å². The molecular formula is C13H23N3O3. The summed E-state index contributed by atoms with van der Waals surface area (Å²) in [6, 6.07) is -0.0910. The van der Waals surface area contributed by atoms with E-state index in [2.05, 4.69) is 17.1 Å². The van der Waals surface area contributed by atoms with Gasteiger partial charge in [0.25, 0.3) is 0 Å². The molecule has 2 N–H and O–H groups in total. The number of carbonyl (C=O) groups is 2. The SMILES string of the molecule is CCN1CCC(CNC(=O)N(CC(=O)O)C2CC2)C1. The van der Waals surface area contributed by atoms with Gasteiger partial charge >= 0.3 is 12.0 Å².